The van der Waals surface area contributed by atoms with Crippen molar-refractivity contribution in [1.29, 1.82) is 0 Å². The molecule has 0 spiro atoms. The van der Waals surface area contributed by atoms with E-state index in [9.17, 15) is 0 Å². The Morgan fingerprint density at radius 1 is 0.952 bits per heavy atom. The molecule has 0 aromatic heterocycles. The third-order valence-electron chi connectivity index (χ3n) is 5.85. The van der Waals surface area contributed by atoms with E-state index in [0.717, 1.165) is 30.3 Å². The minimum Gasteiger partial charge on any atom is -0.314 e. The van der Waals surface area contributed by atoms with E-state index < -0.39 is 0 Å². The van der Waals surface area contributed by atoms with Gasteiger partial charge in [0.1, 0.15) is 0 Å². The number of rotatable bonds is 8. The average Bonchev–Trinajstić information content (AvgIpc) is 2.95. The molecule has 0 aliphatic heterocycles. The summed E-state index contributed by atoms with van der Waals surface area (Å²) in [5.41, 5.74) is 0. The van der Waals surface area contributed by atoms with Crippen LogP contribution in [0, 0.1) is 17.8 Å². The SMILES string of the molecule is CCCC1CCC(NCC)C(CN(C)CC2CCCC2)C1. The molecular formula is C19H38N2. The summed E-state index contributed by atoms with van der Waals surface area (Å²) in [6.45, 7) is 8.39. The van der Waals surface area contributed by atoms with Crippen LogP contribution in [0.1, 0.15) is 71.6 Å². The highest BCUT2D eigenvalue weighted by Crippen LogP contribution is 2.33. The molecule has 124 valence electrons. The molecule has 3 unspecified atom stereocenters. The van der Waals surface area contributed by atoms with E-state index in [1.165, 1.54) is 70.9 Å². The van der Waals surface area contributed by atoms with Crippen molar-refractivity contribution in [2.75, 3.05) is 26.7 Å². The lowest BCUT2D eigenvalue weighted by Gasteiger charge is -2.39. The first-order valence-corrected chi connectivity index (χ1v) is 9.64. The van der Waals surface area contributed by atoms with Gasteiger partial charge in [-0.15, -0.1) is 0 Å². The van der Waals surface area contributed by atoms with Gasteiger partial charge in [0.2, 0.25) is 0 Å². The summed E-state index contributed by atoms with van der Waals surface area (Å²) in [7, 11) is 2.37. The molecule has 2 rings (SSSR count). The van der Waals surface area contributed by atoms with Crippen molar-refractivity contribution in [1.82, 2.24) is 10.2 Å². The molecule has 0 amide bonds. The van der Waals surface area contributed by atoms with Gasteiger partial charge in [-0.2, -0.15) is 0 Å². The molecule has 3 atom stereocenters. The van der Waals surface area contributed by atoms with Crippen LogP contribution in [0.5, 0.6) is 0 Å². The summed E-state index contributed by atoms with van der Waals surface area (Å²) in [5, 5.41) is 3.77. The topological polar surface area (TPSA) is 15.3 Å². The lowest BCUT2D eigenvalue weighted by Crippen LogP contribution is -2.45. The van der Waals surface area contributed by atoms with Gasteiger partial charge in [0.25, 0.3) is 0 Å². The lowest BCUT2D eigenvalue weighted by atomic mass is 9.76. The standard InChI is InChI=1S/C19H38N2/c1-4-8-16-11-12-19(20-5-2)18(13-16)15-21(3)14-17-9-6-7-10-17/h16-20H,4-15H2,1-3H3. The zero-order valence-corrected chi connectivity index (χ0v) is 14.7. The minimum atomic E-state index is 0.772. The number of nitrogens with one attached hydrogen (secondary N) is 1. The smallest absolute Gasteiger partial charge is 0.0108 e. The summed E-state index contributed by atoms with van der Waals surface area (Å²) < 4.78 is 0. The minimum absolute atomic E-state index is 0.772. The fraction of sp³-hybridized carbons (Fsp3) is 1.00. The molecule has 2 aliphatic rings. The van der Waals surface area contributed by atoms with Crippen LogP contribution < -0.4 is 5.32 Å². The van der Waals surface area contributed by atoms with Crippen LogP contribution in [0.4, 0.5) is 0 Å². The maximum atomic E-state index is 3.77. The van der Waals surface area contributed by atoms with Crippen LogP contribution in [0.2, 0.25) is 0 Å². The number of nitrogens with zero attached hydrogens (tertiary/aromatic N) is 1. The highest BCUT2D eigenvalue weighted by molar-refractivity contribution is 4.86. The zero-order chi connectivity index (χ0) is 15.1. The summed E-state index contributed by atoms with van der Waals surface area (Å²) in [6.07, 6.45) is 13.0. The van der Waals surface area contributed by atoms with Crippen LogP contribution in [0.25, 0.3) is 0 Å². The summed E-state index contributed by atoms with van der Waals surface area (Å²) in [6, 6.07) is 0.772. The van der Waals surface area contributed by atoms with E-state index in [2.05, 4.69) is 31.1 Å². The third kappa shape index (κ3) is 5.56. The van der Waals surface area contributed by atoms with Gasteiger partial charge < -0.3 is 10.2 Å². The van der Waals surface area contributed by atoms with Crippen LogP contribution in [0.3, 0.4) is 0 Å². The van der Waals surface area contributed by atoms with Gasteiger partial charge in [-0.1, -0.05) is 39.5 Å². The molecule has 0 aromatic carbocycles. The fourth-order valence-electron chi connectivity index (χ4n) is 4.87. The average molecular weight is 295 g/mol. The maximum Gasteiger partial charge on any atom is 0.0108 e. The summed E-state index contributed by atoms with van der Waals surface area (Å²) in [5.74, 6) is 2.86. The molecule has 2 heteroatoms. The molecule has 0 aromatic rings. The summed E-state index contributed by atoms with van der Waals surface area (Å²) >= 11 is 0. The highest BCUT2D eigenvalue weighted by Gasteiger charge is 2.30. The predicted octanol–water partition coefficient (Wildman–Crippen LogP) is 4.30. The third-order valence-corrected chi connectivity index (χ3v) is 5.85. The van der Waals surface area contributed by atoms with Crippen molar-refractivity contribution in [2.45, 2.75) is 77.7 Å². The Bertz CT molecular complexity index is 273. The second-order valence-corrected chi connectivity index (χ2v) is 7.76. The quantitative estimate of drug-likeness (QED) is 0.718. The molecule has 0 saturated heterocycles. The van der Waals surface area contributed by atoms with Crippen LogP contribution in [-0.2, 0) is 0 Å². The Balaban J connectivity index is 1.82. The van der Waals surface area contributed by atoms with Crippen molar-refractivity contribution in [3.63, 3.8) is 0 Å². The Labute approximate surface area is 133 Å². The lowest BCUT2D eigenvalue weighted by molar-refractivity contribution is 0.141. The molecule has 0 radical (unpaired) electrons. The van der Waals surface area contributed by atoms with Crippen molar-refractivity contribution in [2.24, 2.45) is 17.8 Å². The van der Waals surface area contributed by atoms with Crippen molar-refractivity contribution in [3.05, 3.63) is 0 Å². The van der Waals surface area contributed by atoms with E-state index in [1.807, 2.05) is 0 Å². The molecule has 0 bridgehead atoms. The fourth-order valence-corrected chi connectivity index (χ4v) is 4.87. The van der Waals surface area contributed by atoms with E-state index in [4.69, 9.17) is 0 Å². The Morgan fingerprint density at radius 3 is 2.38 bits per heavy atom. The molecule has 2 saturated carbocycles. The molecule has 2 aliphatic carbocycles. The van der Waals surface area contributed by atoms with Crippen LogP contribution in [-0.4, -0.2) is 37.6 Å². The Hall–Kier alpha value is -0.0800. The maximum absolute atomic E-state index is 3.77. The molecular weight excluding hydrogens is 256 g/mol. The second-order valence-electron chi connectivity index (χ2n) is 7.76. The van der Waals surface area contributed by atoms with E-state index >= 15 is 0 Å². The molecule has 2 nitrogen and oxygen atoms in total. The number of hydrogen-bond donors (Lipinski definition) is 1. The molecule has 0 heterocycles. The van der Waals surface area contributed by atoms with Gasteiger partial charge in [0.15, 0.2) is 0 Å². The van der Waals surface area contributed by atoms with Crippen molar-refractivity contribution in [3.8, 4) is 0 Å². The second kappa shape index (κ2) is 9.15. The normalized spacial score (nSPS) is 31.1. The first-order chi connectivity index (χ1) is 10.2. The number of hydrogen-bond acceptors (Lipinski definition) is 2. The van der Waals surface area contributed by atoms with Crippen molar-refractivity contribution < 1.29 is 0 Å². The van der Waals surface area contributed by atoms with E-state index in [1.54, 1.807) is 0 Å². The van der Waals surface area contributed by atoms with Gasteiger partial charge in [-0.25, -0.2) is 0 Å². The first-order valence-electron chi connectivity index (χ1n) is 9.64. The first kappa shape index (κ1) is 17.3. The van der Waals surface area contributed by atoms with E-state index in [0.29, 0.717) is 0 Å². The Kier molecular flexibility index (Phi) is 7.53. The van der Waals surface area contributed by atoms with Gasteiger partial charge >= 0.3 is 0 Å². The summed E-state index contributed by atoms with van der Waals surface area (Å²) in [4.78, 5) is 2.65. The Morgan fingerprint density at radius 2 is 1.71 bits per heavy atom. The molecule has 2 fully saturated rings. The van der Waals surface area contributed by atoms with Gasteiger partial charge in [-0.05, 0) is 63.5 Å². The molecule has 1 N–H and O–H groups in total. The van der Waals surface area contributed by atoms with Gasteiger partial charge in [0, 0.05) is 19.1 Å². The van der Waals surface area contributed by atoms with Crippen LogP contribution in [0.15, 0.2) is 0 Å². The van der Waals surface area contributed by atoms with Gasteiger partial charge in [0.05, 0.1) is 0 Å². The van der Waals surface area contributed by atoms with Gasteiger partial charge in [-0.3, -0.25) is 0 Å². The predicted molar refractivity (Wildman–Crippen MR) is 92.7 cm³/mol. The highest BCUT2D eigenvalue weighted by atomic mass is 15.1. The zero-order valence-electron chi connectivity index (χ0n) is 14.7. The molecule has 21 heavy (non-hydrogen) atoms. The largest absolute Gasteiger partial charge is 0.314 e. The van der Waals surface area contributed by atoms with E-state index in [-0.39, 0.29) is 0 Å². The monoisotopic (exact) mass is 294 g/mol. The van der Waals surface area contributed by atoms with Crippen LogP contribution >= 0.6 is 0 Å². The van der Waals surface area contributed by atoms with Crippen molar-refractivity contribution >= 4 is 0 Å².